The minimum atomic E-state index is -4.76. The molecule has 0 amide bonds. The first-order valence-corrected chi connectivity index (χ1v) is 7.57. The lowest BCUT2D eigenvalue weighted by Crippen LogP contribution is -2.17. The monoisotopic (exact) mass is 398 g/mol. The first-order valence-electron chi connectivity index (χ1n) is 6.78. The second-order valence-corrected chi connectivity index (χ2v) is 5.87. The van der Waals surface area contributed by atoms with E-state index in [4.69, 9.17) is 4.52 Å². The third kappa shape index (κ3) is 3.76. The van der Waals surface area contributed by atoms with Gasteiger partial charge in [0, 0.05) is 15.6 Å². The topological polar surface area (TPSA) is 48.2 Å². The van der Waals surface area contributed by atoms with Crippen molar-refractivity contribution in [2.24, 2.45) is 0 Å². The van der Waals surface area contributed by atoms with E-state index in [1.165, 1.54) is 18.2 Å². The van der Waals surface area contributed by atoms with E-state index in [1.807, 2.05) is 25.1 Å². The smallest absolute Gasteiger partial charge is 0.406 e. The minimum absolute atomic E-state index is 0.178. The molecule has 0 saturated heterocycles. The Morgan fingerprint density at radius 3 is 2.67 bits per heavy atom. The number of hydrogen-bond acceptors (Lipinski definition) is 4. The molecular formula is C16H10BrF3N2O2. The highest BCUT2D eigenvalue weighted by Crippen LogP contribution is 2.30. The Labute approximate surface area is 143 Å². The minimum Gasteiger partial charge on any atom is -0.406 e. The molecule has 0 fully saturated rings. The van der Waals surface area contributed by atoms with Crippen LogP contribution < -0.4 is 4.74 Å². The van der Waals surface area contributed by atoms with E-state index in [2.05, 4.69) is 30.8 Å². The normalized spacial score (nSPS) is 11.5. The van der Waals surface area contributed by atoms with Crippen LogP contribution in [0.5, 0.6) is 5.75 Å². The van der Waals surface area contributed by atoms with E-state index in [1.54, 1.807) is 6.07 Å². The summed E-state index contributed by atoms with van der Waals surface area (Å²) in [6, 6.07) is 11.0. The zero-order valence-electron chi connectivity index (χ0n) is 12.3. The molecule has 4 nitrogen and oxygen atoms in total. The van der Waals surface area contributed by atoms with Gasteiger partial charge in [-0.25, -0.2) is 0 Å². The Bertz CT molecular complexity index is 878. The van der Waals surface area contributed by atoms with Gasteiger partial charge in [-0.2, -0.15) is 4.98 Å². The lowest BCUT2D eigenvalue weighted by atomic mass is 10.1. The van der Waals surface area contributed by atoms with Crippen molar-refractivity contribution < 1.29 is 22.4 Å². The molecule has 0 atom stereocenters. The Hall–Kier alpha value is -2.35. The molecule has 124 valence electrons. The quantitative estimate of drug-likeness (QED) is 0.594. The van der Waals surface area contributed by atoms with Gasteiger partial charge in [0.25, 0.3) is 5.89 Å². The van der Waals surface area contributed by atoms with Crippen LogP contribution in [-0.2, 0) is 0 Å². The van der Waals surface area contributed by atoms with E-state index in [9.17, 15) is 13.2 Å². The molecule has 0 bridgehead atoms. The third-order valence-electron chi connectivity index (χ3n) is 3.18. The van der Waals surface area contributed by atoms with Crippen molar-refractivity contribution in [3.63, 3.8) is 0 Å². The summed E-state index contributed by atoms with van der Waals surface area (Å²) in [5, 5.41) is 3.83. The molecule has 0 spiro atoms. The van der Waals surface area contributed by atoms with Crippen LogP contribution in [0.2, 0.25) is 0 Å². The number of aromatic nitrogens is 2. The van der Waals surface area contributed by atoms with Gasteiger partial charge in [-0.3, -0.25) is 0 Å². The molecule has 0 saturated carbocycles. The zero-order chi connectivity index (χ0) is 17.3. The summed E-state index contributed by atoms with van der Waals surface area (Å²) in [4.78, 5) is 4.25. The Morgan fingerprint density at radius 2 is 1.92 bits per heavy atom. The van der Waals surface area contributed by atoms with E-state index in [0.29, 0.717) is 5.56 Å². The highest BCUT2D eigenvalue weighted by Gasteiger charge is 2.31. The number of aryl methyl sites for hydroxylation is 1. The van der Waals surface area contributed by atoms with E-state index in [0.717, 1.165) is 15.6 Å². The fourth-order valence-corrected chi connectivity index (χ4v) is 2.47. The molecule has 8 heteroatoms. The van der Waals surface area contributed by atoms with Crippen LogP contribution in [0.3, 0.4) is 0 Å². The first-order chi connectivity index (χ1) is 11.3. The van der Waals surface area contributed by atoms with E-state index in [-0.39, 0.29) is 17.5 Å². The molecule has 24 heavy (non-hydrogen) atoms. The number of nitrogens with zero attached hydrogens (tertiary/aromatic N) is 2. The summed E-state index contributed by atoms with van der Waals surface area (Å²) >= 11 is 3.37. The fourth-order valence-electron chi connectivity index (χ4n) is 2.11. The maximum Gasteiger partial charge on any atom is 0.573 e. The average Bonchev–Trinajstić information content (AvgIpc) is 2.98. The van der Waals surface area contributed by atoms with Crippen LogP contribution in [-0.4, -0.2) is 16.5 Å². The largest absolute Gasteiger partial charge is 0.573 e. The van der Waals surface area contributed by atoms with Crippen molar-refractivity contribution in [2.75, 3.05) is 0 Å². The van der Waals surface area contributed by atoms with Crippen LogP contribution in [0, 0.1) is 6.92 Å². The van der Waals surface area contributed by atoms with Gasteiger partial charge < -0.3 is 9.26 Å². The second-order valence-electron chi connectivity index (χ2n) is 4.96. The Morgan fingerprint density at radius 1 is 1.12 bits per heavy atom. The van der Waals surface area contributed by atoms with Crippen molar-refractivity contribution in [1.82, 2.24) is 10.1 Å². The second kappa shape index (κ2) is 6.27. The highest BCUT2D eigenvalue weighted by atomic mass is 79.9. The summed E-state index contributed by atoms with van der Waals surface area (Å²) < 4.78 is 46.9. The number of alkyl halides is 3. The fraction of sp³-hybridized carbons (Fsp3) is 0.125. The van der Waals surface area contributed by atoms with Gasteiger partial charge in [-0.15, -0.1) is 13.2 Å². The molecular weight excluding hydrogens is 389 g/mol. The predicted octanol–water partition coefficient (Wildman–Crippen LogP) is 5.37. The van der Waals surface area contributed by atoms with Crippen LogP contribution in [0.25, 0.3) is 22.8 Å². The average molecular weight is 399 g/mol. The van der Waals surface area contributed by atoms with Gasteiger partial charge in [0.1, 0.15) is 5.75 Å². The molecule has 0 N–H and O–H groups in total. The first kappa shape index (κ1) is 16.5. The molecule has 0 unspecified atom stereocenters. The third-order valence-corrected chi connectivity index (χ3v) is 3.68. The number of hydrogen-bond donors (Lipinski definition) is 0. The molecule has 3 rings (SSSR count). The maximum atomic E-state index is 12.3. The maximum absolute atomic E-state index is 12.3. The Kier molecular flexibility index (Phi) is 4.31. The SMILES string of the molecule is Cc1ccc(Br)cc1-c1nc(-c2cccc(OC(F)(F)F)c2)no1. The number of halogens is 4. The number of ether oxygens (including phenoxy) is 1. The van der Waals surface area contributed by atoms with Gasteiger partial charge in [0.05, 0.1) is 0 Å². The van der Waals surface area contributed by atoms with Crippen molar-refractivity contribution in [3.8, 4) is 28.6 Å². The number of rotatable bonds is 3. The van der Waals surface area contributed by atoms with Crippen LogP contribution in [0.15, 0.2) is 51.5 Å². The summed E-state index contributed by atoms with van der Waals surface area (Å²) in [6.07, 6.45) is -4.76. The lowest BCUT2D eigenvalue weighted by Gasteiger charge is -2.08. The van der Waals surface area contributed by atoms with Crippen molar-refractivity contribution in [2.45, 2.75) is 13.3 Å². The van der Waals surface area contributed by atoms with Crippen molar-refractivity contribution in [1.29, 1.82) is 0 Å². The Balaban J connectivity index is 1.94. The lowest BCUT2D eigenvalue weighted by molar-refractivity contribution is -0.274. The molecule has 0 aliphatic heterocycles. The molecule has 3 aromatic rings. The van der Waals surface area contributed by atoms with Gasteiger partial charge in [-0.1, -0.05) is 39.3 Å². The summed E-state index contributed by atoms with van der Waals surface area (Å²) in [7, 11) is 0. The summed E-state index contributed by atoms with van der Waals surface area (Å²) in [5.74, 6) is 0.118. The molecule has 0 radical (unpaired) electrons. The van der Waals surface area contributed by atoms with E-state index < -0.39 is 6.36 Å². The molecule has 1 heterocycles. The number of benzene rings is 2. The predicted molar refractivity (Wildman–Crippen MR) is 84.3 cm³/mol. The standard InChI is InChI=1S/C16H10BrF3N2O2/c1-9-5-6-11(17)8-13(9)15-21-14(22-24-15)10-3-2-4-12(7-10)23-16(18,19)20/h2-8H,1H3. The van der Waals surface area contributed by atoms with Crippen LogP contribution in [0.4, 0.5) is 13.2 Å². The van der Waals surface area contributed by atoms with Gasteiger partial charge in [0.2, 0.25) is 5.82 Å². The molecule has 1 aromatic heterocycles. The van der Waals surface area contributed by atoms with Crippen LogP contribution in [0.1, 0.15) is 5.56 Å². The zero-order valence-corrected chi connectivity index (χ0v) is 13.9. The van der Waals surface area contributed by atoms with Gasteiger partial charge >= 0.3 is 6.36 Å². The van der Waals surface area contributed by atoms with Crippen molar-refractivity contribution in [3.05, 3.63) is 52.5 Å². The summed E-state index contributed by atoms with van der Waals surface area (Å²) in [5.41, 5.74) is 2.03. The molecule has 0 aliphatic carbocycles. The van der Waals surface area contributed by atoms with Gasteiger partial charge in [-0.05, 0) is 36.8 Å². The van der Waals surface area contributed by atoms with Crippen molar-refractivity contribution >= 4 is 15.9 Å². The molecule has 2 aromatic carbocycles. The van der Waals surface area contributed by atoms with Crippen LogP contribution >= 0.6 is 15.9 Å². The summed E-state index contributed by atoms with van der Waals surface area (Å²) in [6.45, 7) is 1.89. The van der Waals surface area contributed by atoms with E-state index >= 15 is 0 Å². The highest BCUT2D eigenvalue weighted by molar-refractivity contribution is 9.10. The van der Waals surface area contributed by atoms with Gasteiger partial charge in [0.15, 0.2) is 0 Å². The molecule has 0 aliphatic rings.